The van der Waals surface area contributed by atoms with Crippen LogP contribution in [0.5, 0.6) is 0 Å². The third kappa shape index (κ3) is 5.37. The predicted octanol–water partition coefficient (Wildman–Crippen LogP) is 4.09. The van der Waals surface area contributed by atoms with E-state index in [1.807, 2.05) is 6.08 Å². The summed E-state index contributed by atoms with van der Waals surface area (Å²) in [6, 6.07) is 3.22. The van der Waals surface area contributed by atoms with Crippen LogP contribution in [0.2, 0.25) is 0 Å². The van der Waals surface area contributed by atoms with Crippen molar-refractivity contribution in [1.29, 1.82) is 0 Å². The third-order valence-electron chi connectivity index (χ3n) is 3.74. The van der Waals surface area contributed by atoms with E-state index >= 15 is 0 Å². The van der Waals surface area contributed by atoms with E-state index in [0.29, 0.717) is 17.3 Å². The van der Waals surface area contributed by atoms with Crippen molar-refractivity contribution >= 4 is 23.5 Å². The zero-order valence-corrected chi connectivity index (χ0v) is 14.3. The van der Waals surface area contributed by atoms with Crippen molar-refractivity contribution in [3.05, 3.63) is 30.0 Å². The summed E-state index contributed by atoms with van der Waals surface area (Å²) >= 11 is 0. The predicted molar refractivity (Wildman–Crippen MR) is 91.7 cm³/mol. The molecule has 1 heterocycles. The van der Waals surface area contributed by atoms with Crippen LogP contribution in [0.1, 0.15) is 52.0 Å². The number of aliphatic carboxylic acids is 1. The third-order valence-corrected chi connectivity index (χ3v) is 3.74. The summed E-state index contributed by atoms with van der Waals surface area (Å²) in [6.45, 7) is 5.32. The van der Waals surface area contributed by atoms with Gasteiger partial charge in [-0.2, -0.15) is 0 Å². The molecule has 0 unspecified atom stereocenters. The average Bonchev–Trinajstić information content (AvgIpc) is 2.96. The molecular formula is C18H24N2O4. The summed E-state index contributed by atoms with van der Waals surface area (Å²) in [5.41, 5.74) is 0.201. The molecule has 0 atom stereocenters. The van der Waals surface area contributed by atoms with Gasteiger partial charge in [0.05, 0.1) is 5.57 Å². The Bertz CT molecular complexity index is 623. The lowest BCUT2D eigenvalue weighted by molar-refractivity contribution is -0.130. The van der Waals surface area contributed by atoms with Crippen molar-refractivity contribution in [3.8, 4) is 0 Å². The van der Waals surface area contributed by atoms with Crippen molar-refractivity contribution in [3.63, 3.8) is 0 Å². The number of allylic oxidation sites excluding steroid dienone is 1. The van der Waals surface area contributed by atoms with Crippen LogP contribution < -0.4 is 5.32 Å². The standard InChI is InChI=1S/C18H24N2O4/c1-18(2,3)24-17(23)20-15-9-8-13(11-19-15)14(16(21)22)10-12-6-4-5-7-12/h8-12H,4-7H2,1-3H3,(H,21,22)(H,19,20,23)/b14-10+. The van der Waals surface area contributed by atoms with E-state index in [-0.39, 0.29) is 5.57 Å². The van der Waals surface area contributed by atoms with Gasteiger partial charge in [0.15, 0.2) is 0 Å². The van der Waals surface area contributed by atoms with E-state index in [0.717, 1.165) is 25.7 Å². The Hall–Kier alpha value is -2.37. The molecule has 1 saturated carbocycles. The molecule has 0 spiro atoms. The summed E-state index contributed by atoms with van der Waals surface area (Å²) in [5.74, 6) is -0.328. The second-order valence-corrected chi connectivity index (χ2v) is 6.99. The van der Waals surface area contributed by atoms with Crippen LogP contribution in [-0.4, -0.2) is 27.8 Å². The van der Waals surface area contributed by atoms with E-state index in [9.17, 15) is 14.7 Å². The number of nitrogens with zero attached hydrogens (tertiary/aromatic N) is 1. The quantitative estimate of drug-likeness (QED) is 0.811. The number of hydrogen-bond donors (Lipinski definition) is 2. The molecular weight excluding hydrogens is 308 g/mol. The summed E-state index contributed by atoms with van der Waals surface area (Å²) in [6.07, 6.45) is 7.04. The van der Waals surface area contributed by atoms with E-state index < -0.39 is 17.7 Å². The highest BCUT2D eigenvalue weighted by atomic mass is 16.6. The molecule has 2 rings (SSSR count). The van der Waals surface area contributed by atoms with E-state index in [4.69, 9.17) is 4.74 Å². The van der Waals surface area contributed by atoms with Gasteiger partial charge >= 0.3 is 12.1 Å². The Morgan fingerprint density at radius 1 is 1.29 bits per heavy atom. The fraction of sp³-hybridized carbons (Fsp3) is 0.500. The van der Waals surface area contributed by atoms with Crippen LogP contribution in [0.25, 0.3) is 5.57 Å². The Morgan fingerprint density at radius 2 is 1.96 bits per heavy atom. The zero-order valence-electron chi connectivity index (χ0n) is 14.3. The molecule has 6 nitrogen and oxygen atoms in total. The molecule has 0 radical (unpaired) electrons. The van der Waals surface area contributed by atoms with Crippen LogP contribution in [0, 0.1) is 5.92 Å². The lowest BCUT2D eigenvalue weighted by Crippen LogP contribution is -2.27. The minimum atomic E-state index is -0.962. The maximum atomic E-state index is 11.7. The van der Waals surface area contributed by atoms with Gasteiger partial charge in [-0.3, -0.25) is 5.32 Å². The molecule has 1 aliphatic rings. The largest absolute Gasteiger partial charge is 0.478 e. The second-order valence-electron chi connectivity index (χ2n) is 6.99. The van der Waals surface area contributed by atoms with Crippen molar-refractivity contribution in [2.45, 2.75) is 52.1 Å². The topological polar surface area (TPSA) is 88.5 Å². The molecule has 0 saturated heterocycles. The Labute approximate surface area is 141 Å². The Morgan fingerprint density at radius 3 is 2.46 bits per heavy atom. The number of rotatable bonds is 4. The number of aromatic nitrogens is 1. The summed E-state index contributed by atoms with van der Waals surface area (Å²) in [5, 5.41) is 12.0. The number of pyridine rings is 1. The molecule has 1 aromatic rings. The molecule has 6 heteroatoms. The van der Waals surface area contributed by atoms with Crippen LogP contribution in [0.15, 0.2) is 24.4 Å². The molecule has 24 heavy (non-hydrogen) atoms. The van der Waals surface area contributed by atoms with Crippen LogP contribution in [0.4, 0.5) is 10.6 Å². The zero-order chi connectivity index (χ0) is 17.7. The number of carboxylic acids is 1. The van der Waals surface area contributed by atoms with E-state index in [1.54, 1.807) is 32.9 Å². The van der Waals surface area contributed by atoms with E-state index in [2.05, 4.69) is 10.3 Å². The average molecular weight is 332 g/mol. The summed E-state index contributed by atoms with van der Waals surface area (Å²) < 4.78 is 5.15. The van der Waals surface area contributed by atoms with Crippen molar-refractivity contribution < 1.29 is 19.4 Å². The first kappa shape index (κ1) is 18.0. The monoisotopic (exact) mass is 332 g/mol. The molecule has 0 aromatic carbocycles. The second kappa shape index (κ2) is 7.47. The Kier molecular flexibility index (Phi) is 5.59. The van der Waals surface area contributed by atoms with Gasteiger partial charge in [-0.15, -0.1) is 0 Å². The van der Waals surface area contributed by atoms with Gasteiger partial charge in [-0.1, -0.05) is 18.9 Å². The maximum absolute atomic E-state index is 11.7. The maximum Gasteiger partial charge on any atom is 0.413 e. The Balaban J connectivity index is 2.09. The van der Waals surface area contributed by atoms with Crippen LogP contribution in [-0.2, 0) is 9.53 Å². The first-order chi connectivity index (χ1) is 11.2. The van der Waals surface area contributed by atoms with Gasteiger partial charge < -0.3 is 9.84 Å². The number of carbonyl (C=O) groups excluding carboxylic acids is 1. The molecule has 0 bridgehead atoms. The van der Waals surface area contributed by atoms with Crippen molar-refractivity contribution in [1.82, 2.24) is 4.98 Å². The number of carboxylic acid groups (broad SMARTS) is 1. The highest BCUT2D eigenvalue weighted by Crippen LogP contribution is 2.29. The van der Waals surface area contributed by atoms with Gasteiger partial charge in [-0.05, 0) is 51.7 Å². The van der Waals surface area contributed by atoms with Gasteiger partial charge in [0.2, 0.25) is 0 Å². The first-order valence-corrected chi connectivity index (χ1v) is 8.16. The number of nitrogens with one attached hydrogen (secondary N) is 1. The fourth-order valence-electron chi connectivity index (χ4n) is 2.69. The van der Waals surface area contributed by atoms with Gasteiger partial charge in [0.25, 0.3) is 0 Å². The first-order valence-electron chi connectivity index (χ1n) is 8.16. The molecule has 2 N–H and O–H groups in total. The molecule has 1 aromatic heterocycles. The number of ether oxygens (including phenoxy) is 1. The minimum absolute atomic E-state index is 0.262. The molecule has 130 valence electrons. The van der Waals surface area contributed by atoms with Crippen molar-refractivity contribution in [2.24, 2.45) is 5.92 Å². The lowest BCUT2D eigenvalue weighted by Gasteiger charge is -2.19. The highest BCUT2D eigenvalue weighted by Gasteiger charge is 2.19. The highest BCUT2D eigenvalue weighted by molar-refractivity contribution is 6.15. The molecule has 1 fully saturated rings. The molecule has 1 aliphatic carbocycles. The normalized spacial score (nSPS) is 16.0. The van der Waals surface area contributed by atoms with E-state index in [1.165, 1.54) is 6.20 Å². The van der Waals surface area contributed by atoms with Gasteiger partial charge in [0, 0.05) is 11.8 Å². The molecule has 0 aliphatic heterocycles. The lowest BCUT2D eigenvalue weighted by atomic mass is 10.00. The summed E-state index contributed by atoms with van der Waals surface area (Å²) in [4.78, 5) is 27.3. The number of carbonyl (C=O) groups is 2. The van der Waals surface area contributed by atoms with Gasteiger partial charge in [0.1, 0.15) is 11.4 Å². The number of amides is 1. The SMILES string of the molecule is CC(C)(C)OC(=O)Nc1ccc(/C(=C\C2CCCC2)C(=O)O)cn1. The number of anilines is 1. The van der Waals surface area contributed by atoms with Crippen molar-refractivity contribution in [2.75, 3.05) is 5.32 Å². The molecule has 1 amide bonds. The minimum Gasteiger partial charge on any atom is -0.478 e. The van der Waals surface area contributed by atoms with Gasteiger partial charge in [-0.25, -0.2) is 14.6 Å². The van der Waals surface area contributed by atoms with Crippen LogP contribution >= 0.6 is 0 Å². The number of hydrogen-bond acceptors (Lipinski definition) is 4. The van der Waals surface area contributed by atoms with Crippen LogP contribution in [0.3, 0.4) is 0 Å². The summed E-state index contributed by atoms with van der Waals surface area (Å²) in [7, 11) is 0. The smallest absolute Gasteiger partial charge is 0.413 e. The fourth-order valence-corrected chi connectivity index (χ4v) is 2.69.